The van der Waals surface area contributed by atoms with Gasteiger partial charge < -0.3 is 14.7 Å². The topological polar surface area (TPSA) is 77.8 Å². The van der Waals surface area contributed by atoms with Crippen molar-refractivity contribution in [1.82, 2.24) is 0 Å². The second-order valence-electron chi connectivity index (χ2n) is 0.513. The van der Waals surface area contributed by atoms with Crippen molar-refractivity contribution in [3.8, 4) is 0 Å². The summed E-state index contributed by atoms with van der Waals surface area (Å²) in [5.74, 6) is 0. The summed E-state index contributed by atoms with van der Waals surface area (Å²) in [5, 5.41) is 0. The molecule has 0 radical (unpaired) electrons. The fourth-order valence-electron chi connectivity index (χ4n) is 0. The molecule has 47 valence electrons. The SMILES string of the molecule is O=P(O)(O)O.[Ce].[Cl][Ce]. The Morgan fingerprint density at radius 2 is 1.25 bits per heavy atom. The van der Waals surface area contributed by atoms with Crippen molar-refractivity contribution in [2.75, 3.05) is 0 Å². The molecule has 0 rings (SSSR count). The molecule has 3 N–H and O–H groups in total. The van der Waals surface area contributed by atoms with Crippen molar-refractivity contribution in [1.29, 1.82) is 0 Å². The van der Waals surface area contributed by atoms with E-state index >= 15 is 0 Å². The standard InChI is InChI=1S/2Ce.ClH.H3O4P/c;;;1-5(2,3)4/h;;1H;(H3,1,2,3,4)/q;+1;;/p-1. The van der Waals surface area contributed by atoms with Crippen LogP contribution in [0.15, 0.2) is 0 Å². The number of phosphoric acid groups is 1. The molecule has 0 spiro atoms. The van der Waals surface area contributed by atoms with E-state index < -0.39 is 7.82 Å². The van der Waals surface area contributed by atoms with Gasteiger partial charge in [0.1, 0.15) is 0 Å². The molecule has 4 nitrogen and oxygen atoms in total. The van der Waals surface area contributed by atoms with E-state index in [0.717, 1.165) is 38.1 Å². The van der Waals surface area contributed by atoms with Gasteiger partial charge in [-0.15, -0.1) is 0 Å². The van der Waals surface area contributed by atoms with Crippen LogP contribution in [0.2, 0.25) is 0 Å². The first kappa shape index (κ1) is 17.3. The zero-order valence-corrected chi connectivity index (χ0v) is 11.5. The van der Waals surface area contributed by atoms with E-state index in [1.54, 1.807) is 0 Å². The molecule has 0 aromatic heterocycles. The molecule has 0 saturated carbocycles. The molecule has 0 saturated heterocycles. The molecular weight excluding hydrogens is 411 g/mol. The zero-order valence-electron chi connectivity index (χ0n) is 3.58. The molecule has 0 amide bonds. The van der Waals surface area contributed by atoms with Gasteiger partial charge in [0.25, 0.3) is 0 Å². The van der Waals surface area contributed by atoms with Gasteiger partial charge in [-0.3, -0.25) is 0 Å². The normalized spacial score (nSPS) is 7.88. The summed E-state index contributed by atoms with van der Waals surface area (Å²) in [4.78, 5) is 21.6. The Hall–Kier alpha value is 3.15. The predicted molar refractivity (Wildman–Crippen MR) is 20.1 cm³/mol. The van der Waals surface area contributed by atoms with Crippen molar-refractivity contribution < 1.29 is 99.0 Å². The van der Waals surface area contributed by atoms with Crippen LogP contribution in [0.3, 0.4) is 0 Å². The molecule has 0 bridgehead atoms. The van der Waals surface area contributed by atoms with Gasteiger partial charge in [0.05, 0.1) is 0 Å². The van der Waals surface area contributed by atoms with E-state index in [4.69, 9.17) is 24.9 Å². The Morgan fingerprint density at radius 1 is 1.25 bits per heavy atom. The summed E-state index contributed by atoms with van der Waals surface area (Å²) in [6.07, 6.45) is 0. The minimum atomic E-state index is -4.64. The minimum absolute atomic E-state index is 0. The molecule has 0 heterocycles. The van der Waals surface area contributed by atoms with Gasteiger partial charge in [-0.25, -0.2) is 4.57 Å². The van der Waals surface area contributed by atoms with Crippen molar-refractivity contribution in [2.24, 2.45) is 0 Å². The predicted octanol–water partition coefficient (Wildman–Crippen LogP) is -0.239. The Kier molecular flexibility index (Phi) is 22.0. The van der Waals surface area contributed by atoms with Crippen molar-refractivity contribution in [3.05, 3.63) is 0 Å². The third kappa shape index (κ3) is 61.2. The van der Waals surface area contributed by atoms with Crippen LogP contribution in [0.1, 0.15) is 0 Å². The van der Waals surface area contributed by atoms with Crippen LogP contribution < -0.4 is 0 Å². The van der Waals surface area contributed by atoms with E-state index in [2.05, 4.69) is 0 Å². The van der Waals surface area contributed by atoms with Crippen molar-refractivity contribution in [2.45, 2.75) is 0 Å². The molecular formula is H3Ce2ClO4P. The van der Waals surface area contributed by atoms with Gasteiger partial charge in [-0.2, -0.15) is 0 Å². The molecule has 8 heteroatoms. The summed E-state index contributed by atoms with van der Waals surface area (Å²) in [6.45, 7) is 0. The second kappa shape index (κ2) is 10.2. The molecule has 0 aliphatic carbocycles. The molecule has 0 atom stereocenters. The molecule has 0 fully saturated rings. The number of rotatable bonds is 0. The molecule has 0 aromatic rings. The number of halogens is 1. The Balaban J connectivity index is -0.0000000750. The average molecular weight is 414 g/mol. The van der Waals surface area contributed by atoms with E-state index in [0.29, 0.717) is 0 Å². The third-order valence-corrected chi connectivity index (χ3v) is 0. The van der Waals surface area contributed by atoms with Gasteiger partial charge in [0, 0.05) is 41.7 Å². The van der Waals surface area contributed by atoms with Crippen LogP contribution in [0.25, 0.3) is 0 Å². The van der Waals surface area contributed by atoms with Gasteiger partial charge in [0.2, 0.25) is 0 Å². The summed E-state index contributed by atoms with van der Waals surface area (Å²) < 4.78 is 8.88. The Labute approximate surface area is 110 Å². The quantitative estimate of drug-likeness (QED) is 0.479. The first-order valence-corrected chi connectivity index (χ1v) is 6.48. The Morgan fingerprint density at radius 3 is 1.25 bits per heavy atom. The van der Waals surface area contributed by atoms with Crippen molar-refractivity contribution in [3.63, 3.8) is 0 Å². The van der Waals surface area contributed by atoms with Gasteiger partial charge in [0.15, 0.2) is 0 Å². The van der Waals surface area contributed by atoms with E-state index in [-0.39, 0.29) is 41.7 Å². The number of hydrogen-bond acceptors (Lipinski definition) is 1. The van der Waals surface area contributed by atoms with Gasteiger partial charge in [-0.1, -0.05) is 0 Å². The summed E-state index contributed by atoms with van der Waals surface area (Å²) in [6, 6.07) is 0. The molecule has 0 aliphatic rings. The van der Waals surface area contributed by atoms with Crippen LogP contribution in [0.5, 0.6) is 0 Å². The van der Waals surface area contributed by atoms with Crippen LogP contribution in [-0.4, -0.2) is 14.7 Å². The maximum absolute atomic E-state index is 8.88. The molecule has 0 aliphatic heterocycles. The van der Waals surface area contributed by atoms with Crippen LogP contribution in [0.4, 0.5) is 0 Å². The average Bonchev–Trinajstić information content (AvgIpc) is 1.36. The molecule has 8 heavy (non-hydrogen) atoms. The summed E-state index contributed by atoms with van der Waals surface area (Å²) >= 11 is 0.778. The monoisotopic (exact) mass is 413 g/mol. The fraction of sp³-hybridized carbons (Fsp3) is 0. The zero-order chi connectivity index (χ0) is 6.50. The molecule has 0 unspecified atom stereocenters. The van der Waals surface area contributed by atoms with Crippen LogP contribution in [-0.2, 0) is 4.57 Å². The van der Waals surface area contributed by atoms with Crippen molar-refractivity contribution >= 4 is 13.5 Å². The van der Waals surface area contributed by atoms with E-state index in [1.807, 2.05) is 0 Å². The van der Waals surface area contributed by atoms with Gasteiger partial charge in [-0.05, 0) is 0 Å². The first-order valence-electron chi connectivity index (χ1n) is 0.972. The summed E-state index contributed by atoms with van der Waals surface area (Å²) in [7, 11) is -4.64. The molecule has 0 aromatic carbocycles. The van der Waals surface area contributed by atoms with Gasteiger partial charge >= 0.3 is 51.5 Å². The maximum atomic E-state index is 8.88. The Bertz CT molecular complexity index is 60.2. The number of hydrogen-bond donors (Lipinski definition) is 3. The van der Waals surface area contributed by atoms with Crippen LogP contribution >= 0.6 is 13.5 Å². The fourth-order valence-corrected chi connectivity index (χ4v) is 0. The first-order chi connectivity index (χ1) is 3.00. The van der Waals surface area contributed by atoms with Crippen LogP contribution in [0, 0.1) is 79.8 Å². The third-order valence-electron chi connectivity index (χ3n) is 0. The summed E-state index contributed by atoms with van der Waals surface area (Å²) in [5.41, 5.74) is 4.78. The van der Waals surface area contributed by atoms with E-state index in [9.17, 15) is 0 Å². The second-order valence-corrected chi connectivity index (χ2v) is 1.54. The van der Waals surface area contributed by atoms with E-state index in [1.165, 1.54) is 0 Å².